The number of nitrogens with zero attached hydrogens (tertiary/aromatic N) is 3. The summed E-state index contributed by atoms with van der Waals surface area (Å²) in [6.07, 6.45) is -9.65. The highest BCUT2D eigenvalue weighted by atomic mass is 16.8. The maximum atomic E-state index is 13.5. The smallest absolute Gasteiger partial charge is 0.305 e. The number of nitrogens with one attached hydrogen (secondary N) is 2. The van der Waals surface area contributed by atoms with E-state index in [2.05, 4.69) is 20.7 Å². The highest BCUT2D eigenvalue weighted by molar-refractivity contribution is 5.78. The molecule has 0 radical (unpaired) electrons. The number of esters is 2. The highest BCUT2D eigenvalue weighted by Crippen LogP contribution is 2.35. The lowest BCUT2D eigenvalue weighted by atomic mass is 9.94. The van der Waals surface area contributed by atoms with Crippen LogP contribution in [0.3, 0.4) is 0 Å². The number of aliphatic hydroxyl groups is 2. The normalized spacial score (nSPS) is 29.5. The van der Waals surface area contributed by atoms with E-state index < -0.39 is 104 Å². The molecule has 3 aliphatic heterocycles. The first-order valence-corrected chi connectivity index (χ1v) is 21.3. The van der Waals surface area contributed by atoms with Gasteiger partial charge in [-0.1, -0.05) is 76.5 Å². The number of rotatable bonds is 24. The van der Waals surface area contributed by atoms with E-state index in [1.165, 1.54) is 0 Å². The van der Waals surface area contributed by atoms with Gasteiger partial charge in [0.05, 0.1) is 32.7 Å². The molecule has 3 fully saturated rings. The molecular weight excluding hydrogens is 802 g/mol. The third-order valence-electron chi connectivity index (χ3n) is 10.4. The van der Waals surface area contributed by atoms with Crippen molar-refractivity contribution in [3.8, 4) is 0 Å². The Balaban J connectivity index is 1.57. The third kappa shape index (κ3) is 14.8. The average Bonchev–Trinajstić information content (AvgIpc) is 3.26. The van der Waals surface area contributed by atoms with Crippen LogP contribution in [0.1, 0.15) is 97.8 Å². The molecule has 0 bridgehead atoms. The molecule has 0 aliphatic carbocycles. The van der Waals surface area contributed by atoms with Gasteiger partial charge in [0.1, 0.15) is 60.9 Å². The molecule has 0 aromatic heterocycles. The molecule has 13 atom stereocenters. The van der Waals surface area contributed by atoms with Crippen LogP contribution in [0.15, 0.2) is 35.4 Å². The summed E-state index contributed by atoms with van der Waals surface area (Å²) in [6.45, 7) is 8.48. The summed E-state index contributed by atoms with van der Waals surface area (Å²) >= 11 is 0. The van der Waals surface area contributed by atoms with E-state index in [0.717, 1.165) is 6.42 Å². The SMILES string of the molecule is CCCCO[C@@H]1C(CO[C@@H]2OC3COC(c4ccccc4)O[C@H]3C(O)[C@@H]2NC(=O)C[C@@H](CC)OC(=O)CC)O[C@@H](OCCN=[N+]=[N-])[C@@H](NC(=O)C[C@@H](CC)OC(=O)CC)C1O. The van der Waals surface area contributed by atoms with Crippen molar-refractivity contribution in [2.45, 2.75) is 166 Å². The molecule has 1 aromatic rings. The Morgan fingerprint density at radius 2 is 1.43 bits per heavy atom. The minimum Gasteiger partial charge on any atom is -0.462 e. The maximum Gasteiger partial charge on any atom is 0.305 e. The van der Waals surface area contributed by atoms with Gasteiger partial charge in [0.2, 0.25) is 11.8 Å². The van der Waals surface area contributed by atoms with E-state index in [1.807, 2.05) is 37.3 Å². The van der Waals surface area contributed by atoms with E-state index in [4.69, 9.17) is 48.2 Å². The van der Waals surface area contributed by atoms with Crippen LogP contribution in [0.4, 0.5) is 0 Å². The number of aliphatic hydroxyl groups excluding tert-OH is 2. The van der Waals surface area contributed by atoms with Crippen LogP contribution in [0, 0.1) is 0 Å². The monoisotopic (exact) mass is 865 g/mol. The maximum absolute atomic E-state index is 13.5. The number of amides is 2. The first-order valence-electron chi connectivity index (χ1n) is 21.3. The summed E-state index contributed by atoms with van der Waals surface area (Å²) in [7, 11) is 0. The standard InChI is InChI=1S/C41H63N5O15/c1-6-11-18-53-37-27(59-40(54-19-17-43-46-42)33(35(37)51)44-29(47)20-25(7-2)57-31(49)9-4)22-56-41-34(45-30(48)21-26(8-3)58-32(50)10-5)36(52)38-28(60-41)23-55-39(61-38)24-15-13-12-14-16-24/h12-16,25-28,33-41,51-52H,6-11,17-23H2,1-5H3,(H,44,47)(H,45,48)/t25-,26-,27?,28?,33+,34+,35?,36?,37-,38-,39?,40-,41-/m1/s1. The second-order valence-corrected chi connectivity index (χ2v) is 14.9. The number of hydrogen-bond acceptors (Lipinski definition) is 16. The lowest BCUT2D eigenvalue weighted by molar-refractivity contribution is -0.351. The minimum absolute atomic E-state index is 0.00704. The van der Waals surface area contributed by atoms with Crippen LogP contribution in [0.25, 0.3) is 10.4 Å². The number of fused-ring (bicyclic) bond motifs is 1. The van der Waals surface area contributed by atoms with Crippen LogP contribution in [0.2, 0.25) is 0 Å². The van der Waals surface area contributed by atoms with Gasteiger partial charge in [-0.25, -0.2) is 0 Å². The van der Waals surface area contributed by atoms with Gasteiger partial charge in [0, 0.05) is 36.5 Å². The second kappa shape index (κ2) is 25.9. The number of carbonyl (C=O) groups is 4. The largest absolute Gasteiger partial charge is 0.462 e. The number of hydrogen-bond donors (Lipinski definition) is 4. The minimum atomic E-state index is -1.43. The highest BCUT2D eigenvalue weighted by Gasteiger charge is 2.52. The summed E-state index contributed by atoms with van der Waals surface area (Å²) in [5.74, 6) is -2.01. The fourth-order valence-electron chi connectivity index (χ4n) is 7.01. The van der Waals surface area contributed by atoms with Gasteiger partial charge in [-0.05, 0) is 24.8 Å². The Kier molecular flexibility index (Phi) is 21.1. The zero-order valence-corrected chi connectivity index (χ0v) is 35.6. The molecule has 20 nitrogen and oxygen atoms in total. The van der Waals surface area contributed by atoms with Crippen molar-refractivity contribution in [1.82, 2.24) is 10.6 Å². The van der Waals surface area contributed by atoms with Crippen LogP contribution in [-0.4, -0.2) is 140 Å². The zero-order valence-electron chi connectivity index (χ0n) is 35.6. The number of azide groups is 1. The molecule has 61 heavy (non-hydrogen) atoms. The van der Waals surface area contributed by atoms with Gasteiger partial charge in [-0.2, -0.15) is 0 Å². The van der Waals surface area contributed by atoms with Crippen LogP contribution in [0.5, 0.6) is 0 Å². The molecule has 342 valence electrons. The molecule has 4 N–H and O–H groups in total. The first-order chi connectivity index (χ1) is 29.5. The summed E-state index contributed by atoms with van der Waals surface area (Å²) in [4.78, 5) is 53.6. The van der Waals surface area contributed by atoms with E-state index in [0.29, 0.717) is 24.8 Å². The predicted octanol–water partition coefficient (Wildman–Crippen LogP) is 3.01. The van der Waals surface area contributed by atoms with Crippen molar-refractivity contribution in [2.75, 3.05) is 33.0 Å². The second-order valence-electron chi connectivity index (χ2n) is 14.9. The molecule has 3 aliphatic rings. The van der Waals surface area contributed by atoms with Crippen molar-refractivity contribution in [3.05, 3.63) is 46.3 Å². The van der Waals surface area contributed by atoms with Gasteiger partial charge in [0.25, 0.3) is 0 Å². The molecule has 20 heteroatoms. The van der Waals surface area contributed by atoms with Gasteiger partial charge in [0.15, 0.2) is 18.9 Å². The van der Waals surface area contributed by atoms with E-state index in [9.17, 15) is 29.4 Å². The lowest BCUT2D eigenvalue weighted by Gasteiger charge is -2.48. The summed E-state index contributed by atoms with van der Waals surface area (Å²) in [6, 6.07) is 6.74. The summed E-state index contributed by atoms with van der Waals surface area (Å²) < 4.78 is 54.1. The molecular formula is C41H63N5O15. The number of carbonyl (C=O) groups excluding carboxylic acids is 4. The topological polar surface area (TPSA) is 265 Å². The molecule has 3 saturated heterocycles. The molecule has 4 rings (SSSR count). The molecule has 0 saturated carbocycles. The Labute approximate surface area is 356 Å². The van der Waals surface area contributed by atoms with Gasteiger partial charge >= 0.3 is 11.9 Å². The fourth-order valence-corrected chi connectivity index (χ4v) is 7.01. The average molecular weight is 866 g/mol. The lowest BCUT2D eigenvalue weighted by Crippen LogP contribution is -2.68. The molecule has 0 spiro atoms. The molecule has 1 aromatic carbocycles. The Bertz CT molecular complexity index is 1570. The van der Waals surface area contributed by atoms with E-state index >= 15 is 0 Å². The Morgan fingerprint density at radius 1 is 0.820 bits per heavy atom. The van der Waals surface area contributed by atoms with Crippen LogP contribution < -0.4 is 10.6 Å². The van der Waals surface area contributed by atoms with E-state index in [1.54, 1.807) is 27.7 Å². The number of benzene rings is 1. The van der Waals surface area contributed by atoms with Crippen LogP contribution >= 0.6 is 0 Å². The summed E-state index contributed by atoms with van der Waals surface area (Å²) in [5, 5.41) is 32.8. The zero-order chi connectivity index (χ0) is 44.3. The fraction of sp³-hybridized carbons (Fsp3) is 0.756. The van der Waals surface area contributed by atoms with Crippen molar-refractivity contribution >= 4 is 23.8 Å². The Hall–Kier alpha value is -3.95. The first kappa shape index (κ1) is 49.7. The van der Waals surface area contributed by atoms with Gasteiger partial charge < -0.3 is 63.5 Å². The van der Waals surface area contributed by atoms with Gasteiger partial charge in [-0.3, -0.25) is 19.2 Å². The Morgan fingerprint density at radius 3 is 2.00 bits per heavy atom. The van der Waals surface area contributed by atoms with Crippen molar-refractivity contribution in [3.63, 3.8) is 0 Å². The summed E-state index contributed by atoms with van der Waals surface area (Å²) in [5.41, 5.74) is 9.54. The van der Waals surface area contributed by atoms with Crippen molar-refractivity contribution in [1.29, 1.82) is 0 Å². The van der Waals surface area contributed by atoms with Crippen molar-refractivity contribution in [2.24, 2.45) is 5.11 Å². The van der Waals surface area contributed by atoms with E-state index in [-0.39, 0.29) is 58.7 Å². The predicted molar refractivity (Wildman–Crippen MR) is 214 cm³/mol. The van der Waals surface area contributed by atoms with Gasteiger partial charge in [-0.15, -0.1) is 0 Å². The third-order valence-corrected chi connectivity index (χ3v) is 10.4. The van der Waals surface area contributed by atoms with Crippen LogP contribution in [-0.2, 0) is 61.8 Å². The van der Waals surface area contributed by atoms with Crippen molar-refractivity contribution < 1.29 is 72.0 Å². The molecule has 3 heterocycles. The molecule has 2 amide bonds. The number of ether oxygens (including phenoxy) is 9. The molecule has 5 unspecified atom stereocenters. The quantitative estimate of drug-likeness (QED) is 0.0383. The number of unbranched alkanes of at least 4 members (excludes halogenated alkanes) is 1.